The van der Waals surface area contributed by atoms with E-state index >= 15 is 0 Å². The molecule has 0 N–H and O–H groups in total. The molecule has 0 saturated carbocycles. The summed E-state index contributed by atoms with van der Waals surface area (Å²) in [6, 6.07) is 23.9. The van der Waals surface area contributed by atoms with Gasteiger partial charge in [0.05, 0.1) is 15.5 Å². The Bertz CT molecular complexity index is 1440. The van der Waals surface area contributed by atoms with E-state index in [1.165, 1.54) is 17.8 Å². The molecule has 1 aromatic heterocycles. The normalized spacial score (nSPS) is 15.0. The number of hydrogen-bond donors (Lipinski definition) is 0. The molecule has 1 aliphatic heterocycles. The van der Waals surface area contributed by atoms with E-state index in [9.17, 15) is 14.9 Å². The van der Waals surface area contributed by atoms with Crippen molar-refractivity contribution in [1.82, 2.24) is 4.57 Å². The molecule has 6 nitrogen and oxygen atoms in total. The molecule has 8 heteroatoms. The lowest BCUT2D eigenvalue weighted by Gasteiger charge is -2.13. The van der Waals surface area contributed by atoms with Gasteiger partial charge in [0.1, 0.15) is 0 Å². The quantitative estimate of drug-likeness (QED) is 0.154. The SMILES string of the molecule is O=C1/C(=C\c2cn(Cc3cccc([N+](=O)[O-])c3)c3ccccc23)SC(=S)N1c1ccccc1. The standard InChI is InChI=1S/C25H17N3O3S2/c29-24-23(33-25(32)27(24)19-8-2-1-3-9-19)14-18-16-26(22-12-5-4-11-21(18)22)15-17-7-6-10-20(13-17)28(30)31/h1-14,16H,15H2/b23-14+. The van der Waals surface area contributed by atoms with Crippen molar-refractivity contribution in [2.75, 3.05) is 4.90 Å². The molecular weight excluding hydrogens is 454 g/mol. The molecule has 1 aliphatic rings. The van der Waals surface area contributed by atoms with Gasteiger partial charge in [0, 0.05) is 41.3 Å². The number of anilines is 1. The van der Waals surface area contributed by atoms with Crippen LogP contribution < -0.4 is 4.90 Å². The lowest BCUT2D eigenvalue weighted by Crippen LogP contribution is -2.27. The van der Waals surface area contributed by atoms with Crippen molar-refractivity contribution in [3.63, 3.8) is 0 Å². The van der Waals surface area contributed by atoms with Gasteiger partial charge in [-0.3, -0.25) is 19.8 Å². The Labute approximate surface area is 199 Å². The molecule has 4 aromatic rings. The van der Waals surface area contributed by atoms with E-state index in [-0.39, 0.29) is 11.6 Å². The Morgan fingerprint density at radius 2 is 1.76 bits per heavy atom. The van der Waals surface area contributed by atoms with Crippen molar-refractivity contribution >= 4 is 62.6 Å². The summed E-state index contributed by atoms with van der Waals surface area (Å²) in [6.45, 7) is 0.473. The number of nitro benzene ring substituents is 1. The van der Waals surface area contributed by atoms with Crippen LogP contribution in [-0.4, -0.2) is 19.7 Å². The molecule has 0 atom stereocenters. The molecule has 0 radical (unpaired) electrons. The highest BCUT2D eigenvalue weighted by molar-refractivity contribution is 8.27. The Morgan fingerprint density at radius 1 is 1.00 bits per heavy atom. The van der Waals surface area contributed by atoms with E-state index in [0.29, 0.717) is 15.8 Å². The maximum absolute atomic E-state index is 13.1. The first-order valence-corrected chi connectivity index (χ1v) is 11.4. The minimum absolute atomic E-state index is 0.0637. The first kappa shape index (κ1) is 21.1. The second-order valence-corrected chi connectivity index (χ2v) is 9.18. The zero-order valence-corrected chi connectivity index (χ0v) is 18.9. The molecule has 5 rings (SSSR count). The van der Waals surface area contributed by atoms with Crippen LogP contribution in [0.1, 0.15) is 11.1 Å². The third-order valence-electron chi connectivity index (χ3n) is 5.39. The highest BCUT2D eigenvalue weighted by atomic mass is 32.2. The van der Waals surface area contributed by atoms with Crippen LogP contribution in [0.3, 0.4) is 0 Å². The maximum atomic E-state index is 13.1. The van der Waals surface area contributed by atoms with Crippen LogP contribution >= 0.6 is 24.0 Å². The lowest BCUT2D eigenvalue weighted by atomic mass is 10.1. The van der Waals surface area contributed by atoms with Gasteiger partial charge in [0.15, 0.2) is 4.32 Å². The Morgan fingerprint density at radius 3 is 2.55 bits per heavy atom. The van der Waals surface area contributed by atoms with E-state index in [4.69, 9.17) is 12.2 Å². The summed E-state index contributed by atoms with van der Waals surface area (Å²) in [4.78, 5) is 26.0. The van der Waals surface area contributed by atoms with Gasteiger partial charge in [-0.15, -0.1) is 0 Å². The molecule has 0 spiro atoms. The monoisotopic (exact) mass is 471 g/mol. The van der Waals surface area contributed by atoms with Crippen molar-refractivity contribution in [2.24, 2.45) is 0 Å². The van der Waals surface area contributed by atoms with Gasteiger partial charge in [-0.1, -0.05) is 72.5 Å². The smallest absolute Gasteiger partial charge is 0.270 e. The number of aromatic nitrogens is 1. The molecule has 1 saturated heterocycles. The molecular formula is C25H17N3O3S2. The summed E-state index contributed by atoms with van der Waals surface area (Å²) in [5.41, 5.74) is 3.51. The number of carbonyl (C=O) groups excluding carboxylic acids is 1. The van der Waals surface area contributed by atoms with Crippen molar-refractivity contribution in [2.45, 2.75) is 6.54 Å². The zero-order valence-electron chi connectivity index (χ0n) is 17.3. The molecule has 33 heavy (non-hydrogen) atoms. The molecule has 3 aromatic carbocycles. The summed E-state index contributed by atoms with van der Waals surface area (Å²) in [5.74, 6) is -0.147. The zero-order chi connectivity index (χ0) is 22.9. The fourth-order valence-corrected chi connectivity index (χ4v) is 5.18. The number of amides is 1. The number of thioether (sulfide) groups is 1. The fourth-order valence-electron chi connectivity index (χ4n) is 3.89. The van der Waals surface area contributed by atoms with E-state index in [1.54, 1.807) is 17.0 Å². The van der Waals surface area contributed by atoms with E-state index in [2.05, 4.69) is 0 Å². The highest BCUT2D eigenvalue weighted by Gasteiger charge is 2.33. The van der Waals surface area contributed by atoms with Gasteiger partial charge in [-0.05, 0) is 29.8 Å². The topological polar surface area (TPSA) is 68.4 Å². The number of rotatable bonds is 5. The molecule has 0 unspecified atom stereocenters. The Balaban J connectivity index is 1.52. The number of para-hydroxylation sites is 2. The van der Waals surface area contributed by atoms with Gasteiger partial charge in [-0.25, -0.2) is 0 Å². The van der Waals surface area contributed by atoms with Gasteiger partial charge in [0.25, 0.3) is 11.6 Å². The molecule has 1 fully saturated rings. The fraction of sp³-hybridized carbons (Fsp3) is 0.0400. The molecule has 162 valence electrons. The largest absolute Gasteiger partial charge is 0.342 e. The highest BCUT2D eigenvalue weighted by Crippen LogP contribution is 2.37. The van der Waals surface area contributed by atoms with E-state index in [0.717, 1.165) is 27.7 Å². The van der Waals surface area contributed by atoms with Crippen LogP contribution in [0.2, 0.25) is 0 Å². The summed E-state index contributed by atoms with van der Waals surface area (Å²) in [5, 5.41) is 12.1. The molecule has 0 aliphatic carbocycles. The number of benzene rings is 3. The second-order valence-electron chi connectivity index (χ2n) is 7.51. The number of nitro groups is 1. The molecule has 1 amide bonds. The van der Waals surface area contributed by atoms with Crippen LogP contribution in [0.5, 0.6) is 0 Å². The average molecular weight is 472 g/mol. The van der Waals surface area contributed by atoms with Crippen molar-refractivity contribution in [3.8, 4) is 0 Å². The van der Waals surface area contributed by atoms with Gasteiger partial charge in [-0.2, -0.15) is 0 Å². The minimum Gasteiger partial charge on any atom is -0.342 e. The van der Waals surface area contributed by atoms with Crippen LogP contribution in [0.15, 0.2) is 90.0 Å². The summed E-state index contributed by atoms with van der Waals surface area (Å²) in [6.07, 6.45) is 3.84. The van der Waals surface area contributed by atoms with Crippen molar-refractivity contribution < 1.29 is 9.72 Å². The number of thiocarbonyl (C=S) groups is 1. The number of non-ortho nitro benzene ring substituents is 1. The van der Waals surface area contributed by atoms with Crippen LogP contribution in [-0.2, 0) is 11.3 Å². The second kappa shape index (κ2) is 8.65. The van der Waals surface area contributed by atoms with Crippen molar-refractivity contribution in [1.29, 1.82) is 0 Å². The van der Waals surface area contributed by atoms with Crippen molar-refractivity contribution in [3.05, 3.63) is 111 Å². The summed E-state index contributed by atoms with van der Waals surface area (Å²) < 4.78 is 2.54. The van der Waals surface area contributed by atoms with Gasteiger partial charge >= 0.3 is 0 Å². The van der Waals surface area contributed by atoms with Crippen LogP contribution in [0, 0.1) is 10.1 Å². The van der Waals surface area contributed by atoms with Gasteiger partial charge in [0.2, 0.25) is 0 Å². The summed E-state index contributed by atoms with van der Waals surface area (Å²) >= 11 is 6.76. The number of nitrogens with zero attached hydrogens (tertiary/aromatic N) is 3. The molecule has 2 heterocycles. The maximum Gasteiger partial charge on any atom is 0.270 e. The Kier molecular flexibility index (Phi) is 5.53. The first-order chi connectivity index (χ1) is 16.0. The first-order valence-electron chi connectivity index (χ1n) is 10.2. The number of carbonyl (C=O) groups is 1. The third kappa shape index (κ3) is 4.06. The van der Waals surface area contributed by atoms with E-state index in [1.807, 2.05) is 77.5 Å². The average Bonchev–Trinajstić information content (AvgIpc) is 3.31. The third-order valence-corrected chi connectivity index (χ3v) is 6.69. The van der Waals surface area contributed by atoms with Gasteiger partial charge < -0.3 is 4.57 Å². The minimum atomic E-state index is -0.391. The molecule has 0 bridgehead atoms. The number of fused-ring (bicyclic) bond motifs is 1. The van der Waals surface area contributed by atoms with Crippen LogP contribution in [0.25, 0.3) is 17.0 Å². The Hall–Kier alpha value is -3.75. The van der Waals surface area contributed by atoms with Crippen LogP contribution in [0.4, 0.5) is 11.4 Å². The van der Waals surface area contributed by atoms with E-state index < -0.39 is 4.92 Å². The predicted octanol–water partition coefficient (Wildman–Crippen LogP) is 6.00. The predicted molar refractivity (Wildman–Crippen MR) is 136 cm³/mol. The lowest BCUT2D eigenvalue weighted by molar-refractivity contribution is -0.384. The summed E-state index contributed by atoms with van der Waals surface area (Å²) in [7, 11) is 0. The number of hydrogen-bond acceptors (Lipinski definition) is 5.